The van der Waals surface area contributed by atoms with E-state index in [1.807, 2.05) is 19.9 Å². The number of anilines is 2. The zero-order valence-corrected chi connectivity index (χ0v) is 21.8. The monoisotopic (exact) mass is 535 g/mol. The van der Waals surface area contributed by atoms with Crippen molar-refractivity contribution in [1.29, 1.82) is 0 Å². The van der Waals surface area contributed by atoms with Crippen LogP contribution in [0.5, 0.6) is 0 Å². The molecule has 196 valence electrons. The molecule has 3 amide bonds. The van der Waals surface area contributed by atoms with Gasteiger partial charge in [0.1, 0.15) is 22.2 Å². The second kappa shape index (κ2) is 10.9. The zero-order chi connectivity index (χ0) is 27.6. The molecule has 0 bridgehead atoms. The molecule has 1 atom stereocenters. The summed E-state index contributed by atoms with van der Waals surface area (Å²) in [5.41, 5.74) is 14.0. The van der Waals surface area contributed by atoms with Crippen molar-refractivity contribution in [3.63, 3.8) is 0 Å². The largest absolute Gasteiger partial charge is 0.464 e. The van der Waals surface area contributed by atoms with Crippen molar-refractivity contribution in [2.24, 2.45) is 5.73 Å². The molecule has 0 saturated carbocycles. The van der Waals surface area contributed by atoms with E-state index in [9.17, 15) is 18.8 Å². The number of carbonyl (C=O) groups excluding carboxylic acids is 3. The lowest BCUT2D eigenvalue weighted by atomic mass is 10.1. The first-order valence-corrected chi connectivity index (χ1v) is 12.4. The van der Waals surface area contributed by atoms with Gasteiger partial charge in [0.25, 0.3) is 17.7 Å². The first-order chi connectivity index (χ1) is 18.1. The van der Waals surface area contributed by atoms with Crippen molar-refractivity contribution in [2.75, 3.05) is 10.6 Å². The van der Waals surface area contributed by atoms with Crippen molar-refractivity contribution in [1.82, 2.24) is 9.69 Å². The highest BCUT2D eigenvalue weighted by Crippen LogP contribution is 2.34. The summed E-state index contributed by atoms with van der Waals surface area (Å²) in [6, 6.07) is 13.1. The number of nitrogen functional groups attached to an aromatic ring is 1. The minimum Gasteiger partial charge on any atom is -0.464 e. The predicted octanol–water partition coefficient (Wildman–Crippen LogP) is 4.19. The number of primary amides is 1. The van der Waals surface area contributed by atoms with Crippen molar-refractivity contribution in [3.8, 4) is 0 Å². The Hall–Kier alpha value is -4.51. The number of furan rings is 1. The summed E-state index contributed by atoms with van der Waals surface area (Å²) in [7, 11) is 0. The van der Waals surface area contributed by atoms with E-state index in [1.54, 1.807) is 43.3 Å². The van der Waals surface area contributed by atoms with E-state index < -0.39 is 29.6 Å². The quantitative estimate of drug-likeness (QED) is 0.309. The molecule has 0 aliphatic heterocycles. The number of aromatic nitrogens is 1. The molecular weight excluding hydrogens is 509 g/mol. The molecule has 2 aromatic heterocycles. The zero-order valence-electron chi connectivity index (χ0n) is 20.9. The Labute approximate surface area is 222 Å². The number of nitrogens with zero attached hydrogens (tertiary/aromatic N) is 2. The second-order valence-electron chi connectivity index (χ2n) is 8.78. The smallest absolute Gasteiger partial charge is 0.273 e. The third-order valence-electron chi connectivity index (χ3n) is 6.06. The number of nitrogens with one attached hydrogen (secondary N) is 1. The molecule has 0 aliphatic carbocycles. The molecular formula is C27H26FN5O4S. The maximum atomic E-state index is 14.0. The van der Waals surface area contributed by atoms with E-state index in [0.29, 0.717) is 17.0 Å². The summed E-state index contributed by atoms with van der Waals surface area (Å²) in [5.74, 6) is -1.72. The van der Waals surface area contributed by atoms with E-state index >= 15 is 0 Å². The van der Waals surface area contributed by atoms with Crippen LogP contribution < -0.4 is 21.7 Å². The molecule has 9 nitrogen and oxygen atoms in total. The molecule has 11 heteroatoms. The Kier molecular flexibility index (Phi) is 7.58. The number of hydrogen-bond donors (Lipinski definition) is 3. The average molecular weight is 536 g/mol. The summed E-state index contributed by atoms with van der Waals surface area (Å²) in [6.45, 7) is 5.61. The van der Waals surface area contributed by atoms with Crippen LogP contribution in [-0.4, -0.2) is 22.1 Å². The first kappa shape index (κ1) is 26.6. The molecule has 1 unspecified atom stereocenters. The summed E-state index contributed by atoms with van der Waals surface area (Å²) in [6.07, 6.45) is 0. The van der Waals surface area contributed by atoms with Gasteiger partial charge in [0, 0.05) is 12.2 Å². The highest BCUT2D eigenvalue weighted by Gasteiger charge is 2.38. The maximum Gasteiger partial charge on any atom is 0.273 e. The van der Waals surface area contributed by atoms with Gasteiger partial charge in [0.05, 0.1) is 5.69 Å². The Morgan fingerprint density at radius 2 is 1.76 bits per heavy atom. The van der Waals surface area contributed by atoms with Gasteiger partial charge < -0.3 is 21.2 Å². The van der Waals surface area contributed by atoms with Gasteiger partial charge in [-0.2, -0.15) is 4.37 Å². The molecule has 0 radical (unpaired) electrons. The highest BCUT2D eigenvalue weighted by atomic mass is 32.1. The number of nitrogens with two attached hydrogens (primary N) is 2. The molecule has 2 aromatic carbocycles. The third-order valence-corrected chi connectivity index (χ3v) is 6.91. The van der Waals surface area contributed by atoms with E-state index in [2.05, 4.69) is 9.69 Å². The number of benzene rings is 2. The normalized spacial score (nSPS) is 11.7. The van der Waals surface area contributed by atoms with Crippen LogP contribution in [0.25, 0.3) is 0 Å². The van der Waals surface area contributed by atoms with E-state index in [4.69, 9.17) is 15.9 Å². The van der Waals surface area contributed by atoms with Gasteiger partial charge in [0.2, 0.25) is 0 Å². The molecule has 2 heterocycles. The Bertz CT molecular complexity index is 1510. The van der Waals surface area contributed by atoms with Gasteiger partial charge in [-0.3, -0.25) is 19.3 Å². The number of amides is 3. The SMILES string of the molecule is Cc1ccc(C(C(=O)NCc2ccc(F)cc2)N(C(=O)c2snc(C(N)=O)c2N)c2ccc(C)c(C)c2)o1. The van der Waals surface area contributed by atoms with Gasteiger partial charge in [-0.05, 0) is 85.4 Å². The Balaban J connectivity index is 1.81. The van der Waals surface area contributed by atoms with Crippen LogP contribution in [0.2, 0.25) is 0 Å². The first-order valence-electron chi connectivity index (χ1n) is 11.6. The van der Waals surface area contributed by atoms with Crippen molar-refractivity contribution in [3.05, 3.63) is 99.2 Å². The standard InChI is InChI=1S/C27H26FN5O4S/c1-14-4-10-19(12-15(14)2)33(27(36)24-21(29)22(25(30)34)32-38-24)23(20-11-5-16(3)37-20)26(35)31-13-17-6-8-18(28)9-7-17/h4-12,23H,13,29H2,1-3H3,(H2,30,34)(H,31,35). The molecule has 5 N–H and O–H groups in total. The Morgan fingerprint density at radius 1 is 1.05 bits per heavy atom. The highest BCUT2D eigenvalue weighted by molar-refractivity contribution is 7.09. The van der Waals surface area contributed by atoms with Crippen molar-refractivity contribution >= 4 is 40.6 Å². The molecule has 0 aliphatic rings. The van der Waals surface area contributed by atoms with Crippen molar-refractivity contribution in [2.45, 2.75) is 33.4 Å². The summed E-state index contributed by atoms with van der Waals surface area (Å²) < 4.78 is 23.1. The lowest BCUT2D eigenvalue weighted by Crippen LogP contribution is -2.43. The molecule has 0 spiro atoms. The lowest BCUT2D eigenvalue weighted by Gasteiger charge is -2.30. The Morgan fingerprint density at radius 3 is 2.34 bits per heavy atom. The van der Waals surface area contributed by atoms with E-state index in [-0.39, 0.29) is 28.6 Å². The molecule has 0 fully saturated rings. The van der Waals surface area contributed by atoms with Gasteiger partial charge >= 0.3 is 0 Å². The van der Waals surface area contributed by atoms with E-state index in [0.717, 1.165) is 22.7 Å². The van der Waals surface area contributed by atoms with E-state index in [1.165, 1.54) is 17.0 Å². The minimum absolute atomic E-state index is 0.0448. The van der Waals surface area contributed by atoms with Crippen molar-refractivity contribution < 1.29 is 23.2 Å². The van der Waals surface area contributed by atoms with Crippen LogP contribution in [0.3, 0.4) is 0 Å². The number of halogens is 1. The average Bonchev–Trinajstić information content (AvgIpc) is 3.48. The van der Waals surface area contributed by atoms with Crippen LogP contribution in [0.1, 0.15) is 54.4 Å². The minimum atomic E-state index is -1.25. The maximum absolute atomic E-state index is 14.0. The molecule has 4 rings (SSSR count). The molecule has 4 aromatic rings. The summed E-state index contributed by atoms with van der Waals surface area (Å²) in [4.78, 5) is 40.7. The van der Waals surface area contributed by atoms with Gasteiger partial charge in [-0.25, -0.2) is 4.39 Å². The topological polar surface area (TPSA) is 145 Å². The fourth-order valence-electron chi connectivity index (χ4n) is 3.86. The second-order valence-corrected chi connectivity index (χ2v) is 9.55. The predicted molar refractivity (Wildman–Crippen MR) is 142 cm³/mol. The third kappa shape index (κ3) is 5.42. The fraction of sp³-hybridized carbons (Fsp3) is 0.185. The fourth-order valence-corrected chi connectivity index (χ4v) is 4.60. The molecule has 0 saturated heterocycles. The van der Waals surface area contributed by atoms with Gasteiger partial charge in [0.15, 0.2) is 11.7 Å². The number of rotatable bonds is 8. The molecule has 38 heavy (non-hydrogen) atoms. The van der Waals surface area contributed by atoms with Gasteiger partial charge in [-0.1, -0.05) is 18.2 Å². The van der Waals surface area contributed by atoms with Gasteiger partial charge in [-0.15, -0.1) is 0 Å². The van der Waals surface area contributed by atoms with Crippen LogP contribution in [0, 0.1) is 26.6 Å². The number of hydrogen-bond acceptors (Lipinski definition) is 7. The van der Waals surface area contributed by atoms with Crippen LogP contribution >= 0.6 is 11.5 Å². The summed E-state index contributed by atoms with van der Waals surface area (Å²) in [5, 5.41) is 2.81. The van der Waals surface area contributed by atoms with Crippen LogP contribution in [0.15, 0.2) is 59.0 Å². The summed E-state index contributed by atoms with van der Waals surface area (Å²) >= 11 is 0.719. The van der Waals surface area contributed by atoms with Crippen LogP contribution in [-0.2, 0) is 11.3 Å². The number of aryl methyl sites for hydroxylation is 3. The lowest BCUT2D eigenvalue weighted by molar-refractivity contribution is -0.123. The number of carbonyl (C=O) groups is 3. The van der Waals surface area contributed by atoms with Crippen LogP contribution in [0.4, 0.5) is 15.8 Å².